The number of hydrogen-bond donors (Lipinski definition) is 0. The Morgan fingerprint density at radius 2 is 0.444 bits per heavy atom. The average molecular weight is 1140 g/mol. The van der Waals surface area contributed by atoms with Gasteiger partial charge in [-0.05, 0) is 77.0 Å². The summed E-state index contributed by atoms with van der Waals surface area (Å²) >= 11 is 0. The average Bonchev–Trinajstić information content (AvgIpc) is 3.47. The van der Waals surface area contributed by atoms with E-state index in [2.05, 4.69) is 57.2 Å². The van der Waals surface area contributed by atoms with Crippen LogP contribution in [-0.2, 0) is 28.6 Å². The smallest absolute Gasteiger partial charge is 0.306 e. The first-order chi connectivity index (χ1) is 40.0. The van der Waals surface area contributed by atoms with Gasteiger partial charge in [0.25, 0.3) is 0 Å². The van der Waals surface area contributed by atoms with Crippen molar-refractivity contribution in [2.24, 2.45) is 0 Å². The fourth-order valence-corrected chi connectivity index (χ4v) is 11.1. The highest BCUT2D eigenvalue weighted by molar-refractivity contribution is 5.71. The molecule has 0 fully saturated rings. The molecular weight excluding hydrogens is 997 g/mol. The molecule has 6 nitrogen and oxygen atoms in total. The summed E-state index contributed by atoms with van der Waals surface area (Å²) in [7, 11) is 0. The Morgan fingerprint density at radius 1 is 0.247 bits per heavy atom. The molecule has 0 aromatic heterocycles. The molecule has 0 aromatic carbocycles. The Hall–Kier alpha value is -2.37. The number of hydrogen-bond acceptors (Lipinski definition) is 6. The summed E-state index contributed by atoms with van der Waals surface area (Å²) in [6.07, 6.45) is 87.6. The lowest BCUT2D eigenvalue weighted by molar-refractivity contribution is -0.167. The Kier molecular flexibility index (Phi) is 68.1. The van der Waals surface area contributed by atoms with Gasteiger partial charge in [-0.3, -0.25) is 14.4 Å². The van der Waals surface area contributed by atoms with E-state index in [1.807, 2.05) is 0 Å². The van der Waals surface area contributed by atoms with Crippen LogP contribution in [-0.4, -0.2) is 37.2 Å². The lowest BCUT2D eigenvalue weighted by atomic mass is 10.0. The summed E-state index contributed by atoms with van der Waals surface area (Å²) in [4.78, 5) is 38.5. The van der Waals surface area contributed by atoms with Gasteiger partial charge in [0.1, 0.15) is 13.2 Å². The van der Waals surface area contributed by atoms with E-state index < -0.39 is 6.10 Å². The summed E-state index contributed by atoms with van der Waals surface area (Å²) in [5, 5.41) is 0. The molecule has 0 spiro atoms. The van der Waals surface area contributed by atoms with Crippen LogP contribution in [0.25, 0.3) is 0 Å². The minimum Gasteiger partial charge on any atom is -0.462 e. The van der Waals surface area contributed by atoms with Crippen LogP contribution in [0.5, 0.6) is 0 Å². The lowest BCUT2D eigenvalue weighted by Gasteiger charge is -2.18. The number of unbranched alkanes of at least 4 members (excludes halogenated alkanes) is 51. The maximum Gasteiger partial charge on any atom is 0.306 e. The van der Waals surface area contributed by atoms with Crippen LogP contribution in [0, 0.1) is 0 Å². The van der Waals surface area contributed by atoms with Crippen molar-refractivity contribution in [1.29, 1.82) is 0 Å². The first-order valence-corrected chi connectivity index (χ1v) is 36.5. The summed E-state index contributed by atoms with van der Waals surface area (Å²) < 4.78 is 17.0. The molecule has 81 heavy (non-hydrogen) atoms. The first kappa shape index (κ1) is 78.6. The summed E-state index contributed by atoms with van der Waals surface area (Å²) in [5.74, 6) is -0.861. The van der Waals surface area contributed by atoms with E-state index in [1.54, 1.807) is 0 Å². The third-order valence-corrected chi connectivity index (χ3v) is 16.6. The third-order valence-electron chi connectivity index (χ3n) is 16.6. The molecule has 0 aliphatic rings. The van der Waals surface area contributed by atoms with Crippen LogP contribution in [0.2, 0.25) is 0 Å². The molecule has 6 heteroatoms. The Labute approximate surface area is 506 Å². The topological polar surface area (TPSA) is 78.9 Å². The van der Waals surface area contributed by atoms with E-state index in [0.29, 0.717) is 19.3 Å². The molecule has 0 heterocycles. The van der Waals surface area contributed by atoms with E-state index in [9.17, 15) is 14.4 Å². The molecule has 0 N–H and O–H groups in total. The molecule has 0 aromatic rings. The maximum atomic E-state index is 12.9. The van der Waals surface area contributed by atoms with Gasteiger partial charge in [-0.1, -0.05) is 346 Å². The predicted molar refractivity (Wildman–Crippen MR) is 353 cm³/mol. The summed E-state index contributed by atoms with van der Waals surface area (Å²) in [6.45, 7) is 6.68. The zero-order valence-electron chi connectivity index (χ0n) is 54.8. The highest BCUT2D eigenvalue weighted by Crippen LogP contribution is 2.19. The monoisotopic (exact) mass is 1140 g/mol. The highest BCUT2D eigenvalue weighted by Gasteiger charge is 2.19. The van der Waals surface area contributed by atoms with Crippen LogP contribution in [0.3, 0.4) is 0 Å². The van der Waals surface area contributed by atoms with E-state index in [4.69, 9.17) is 14.2 Å². The zero-order valence-corrected chi connectivity index (χ0v) is 54.8. The van der Waals surface area contributed by atoms with Crippen LogP contribution in [0.4, 0.5) is 0 Å². The molecule has 0 aliphatic carbocycles. The van der Waals surface area contributed by atoms with Gasteiger partial charge in [0.2, 0.25) is 0 Å². The number of rotatable bonds is 68. The molecule has 0 saturated heterocycles. The van der Waals surface area contributed by atoms with Crippen molar-refractivity contribution in [3.8, 4) is 0 Å². The molecule has 0 rings (SSSR count). The van der Waals surface area contributed by atoms with Crippen LogP contribution >= 0.6 is 0 Å². The SMILES string of the molecule is CCCCCC/C=C\C/C=C\CCCCCCCCCC(=O)OC(COC(=O)CCCCCCC/C=C\CCCCCCCCC)COC(=O)CCCCCCCCCCCCCCCCCCCCCCCCCCCCCCC. The second-order valence-electron chi connectivity index (χ2n) is 24.9. The van der Waals surface area contributed by atoms with Gasteiger partial charge >= 0.3 is 17.9 Å². The minimum atomic E-state index is -0.779. The Bertz CT molecular complexity index is 1350. The second kappa shape index (κ2) is 70.1. The van der Waals surface area contributed by atoms with Gasteiger partial charge in [-0.15, -0.1) is 0 Å². The summed E-state index contributed by atoms with van der Waals surface area (Å²) in [6, 6.07) is 0. The van der Waals surface area contributed by atoms with Crippen LogP contribution in [0.15, 0.2) is 36.5 Å². The van der Waals surface area contributed by atoms with Crippen molar-refractivity contribution < 1.29 is 28.6 Å². The molecule has 0 bridgehead atoms. The number of esters is 3. The fraction of sp³-hybridized carbons (Fsp3) is 0.880. The third kappa shape index (κ3) is 68.3. The molecule has 0 amide bonds. The molecule has 1 atom stereocenters. The van der Waals surface area contributed by atoms with Gasteiger partial charge in [-0.2, -0.15) is 0 Å². The van der Waals surface area contributed by atoms with Gasteiger partial charge in [0.15, 0.2) is 6.10 Å². The van der Waals surface area contributed by atoms with E-state index in [0.717, 1.165) is 77.0 Å². The van der Waals surface area contributed by atoms with Crippen LogP contribution in [0.1, 0.15) is 406 Å². The van der Waals surface area contributed by atoms with Gasteiger partial charge < -0.3 is 14.2 Å². The van der Waals surface area contributed by atoms with Crippen molar-refractivity contribution in [2.75, 3.05) is 13.2 Å². The predicted octanol–water partition coefficient (Wildman–Crippen LogP) is 25.1. The Balaban J connectivity index is 4.22. The maximum absolute atomic E-state index is 12.9. The lowest BCUT2D eigenvalue weighted by Crippen LogP contribution is -2.30. The standard InChI is InChI=1S/C75H140O6/c1-4-7-10-13-16-19-22-25-28-31-33-34-35-36-37-38-39-40-41-42-43-45-47-50-53-56-59-62-65-68-74(77)80-71-72(70-79-73(76)67-64-61-58-55-52-49-46-30-27-24-21-18-15-12-9-6-3)81-75(78)69-66-63-60-57-54-51-48-44-32-29-26-23-20-17-14-11-8-5-2/h20,23,29-30,32,46,72H,4-19,21-22,24-28,31,33-45,47-71H2,1-3H3/b23-20-,32-29-,46-30-. The number of allylic oxidation sites excluding steroid dienone is 6. The van der Waals surface area contributed by atoms with Crippen molar-refractivity contribution >= 4 is 17.9 Å². The van der Waals surface area contributed by atoms with Crippen molar-refractivity contribution in [3.05, 3.63) is 36.5 Å². The van der Waals surface area contributed by atoms with Crippen molar-refractivity contribution in [2.45, 2.75) is 412 Å². The van der Waals surface area contributed by atoms with Gasteiger partial charge in [0, 0.05) is 19.3 Å². The normalized spacial score (nSPS) is 12.2. The van der Waals surface area contributed by atoms with E-state index in [-0.39, 0.29) is 31.1 Å². The van der Waals surface area contributed by atoms with Gasteiger partial charge in [-0.25, -0.2) is 0 Å². The summed E-state index contributed by atoms with van der Waals surface area (Å²) in [5.41, 5.74) is 0. The second-order valence-corrected chi connectivity index (χ2v) is 24.9. The quantitative estimate of drug-likeness (QED) is 0.0261. The Morgan fingerprint density at radius 3 is 0.704 bits per heavy atom. The minimum absolute atomic E-state index is 0.0735. The number of carbonyl (C=O) groups excluding carboxylic acids is 3. The molecule has 0 saturated carbocycles. The fourth-order valence-electron chi connectivity index (χ4n) is 11.1. The molecule has 0 aliphatic heterocycles. The molecule has 476 valence electrons. The van der Waals surface area contributed by atoms with E-state index >= 15 is 0 Å². The van der Waals surface area contributed by atoms with Gasteiger partial charge in [0.05, 0.1) is 0 Å². The molecule has 0 radical (unpaired) electrons. The largest absolute Gasteiger partial charge is 0.462 e. The number of carbonyl (C=O) groups is 3. The highest BCUT2D eigenvalue weighted by atomic mass is 16.6. The number of ether oxygens (including phenoxy) is 3. The van der Waals surface area contributed by atoms with E-state index in [1.165, 1.54) is 289 Å². The van der Waals surface area contributed by atoms with Crippen molar-refractivity contribution in [3.63, 3.8) is 0 Å². The first-order valence-electron chi connectivity index (χ1n) is 36.5. The molecular formula is C75H140O6. The zero-order chi connectivity index (χ0) is 58.5. The van der Waals surface area contributed by atoms with Crippen molar-refractivity contribution in [1.82, 2.24) is 0 Å². The molecule has 1 unspecified atom stereocenters. The van der Waals surface area contributed by atoms with Crippen LogP contribution < -0.4 is 0 Å².